The molecule has 0 aromatic carbocycles. The van der Waals surface area contributed by atoms with Crippen molar-refractivity contribution >= 4 is 22.0 Å². The Hall–Kier alpha value is -0.290. The summed E-state index contributed by atoms with van der Waals surface area (Å²) in [5.41, 5.74) is -0.446. The minimum atomic E-state index is -0.446. The van der Waals surface area contributed by atoms with Gasteiger partial charge in [0, 0.05) is 13.2 Å². The summed E-state index contributed by atoms with van der Waals surface area (Å²) < 4.78 is 11.3. The molecule has 1 fully saturated rings. The molecule has 0 aromatic rings. The molecule has 0 bridgehead atoms. The summed E-state index contributed by atoms with van der Waals surface area (Å²) in [5, 5.41) is 0. The average molecular weight is 350 g/mol. The van der Waals surface area contributed by atoms with Crippen LogP contribution in [0.25, 0.3) is 0 Å². The van der Waals surface area contributed by atoms with Gasteiger partial charge < -0.3 is 14.4 Å². The van der Waals surface area contributed by atoms with Gasteiger partial charge in [0.1, 0.15) is 5.60 Å². The van der Waals surface area contributed by atoms with Crippen molar-refractivity contribution in [3.05, 3.63) is 0 Å². The Balaban J connectivity index is 2.30. The minimum Gasteiger partial charge on any atom is -0.444 e. The molecule has 1 saturated heterocycles. The number of rotatable bonds is 6. The van der Waals surface area contributed by atoms with E-state index in [1.165, 1.54) is 19.3 Å². The number of ether oxygens (including phenoxy) is 2. The molecule has 118 valence electrons. The third-order valence-corrected chi connectivity index (χ3v) is 4.06. The summed E-state index contributed by atoms with van der Waals surface area (Å²) in [5.74, 6) is 0. The maximum Gasteiger partial charge on any atom is 0.410 e. The second kappa shape index (κ2) is 8.23. The summed E-state index contributed by atoms with van der Waals surface area (Å²) in [6.45, 7) is 9.88. The molecule has 4 nitrogen and oxygen atoms in total. The molecule has 0 saturated carbocycles. The van der Waals surface area contributed by atoms with E-state index in [9.17, 15) is 4.79 Å². The molecule has 1 heterocycles. The standard InChI is InChI=1S/C15H28BrNO3/c1-5-6-7-8-9-19-13-11-17(10-12(13)16)14(18)20-15(2,3)4/h12-13H,5-11H2,1-4H3. The number of alkyl halides is 1. The second-order valence-corrected chi connectivity index (χ2v) is 7.55. The van der Waals surface area contributed by atoms with Crippen LogP contribution in [0, 0.1) is 0 Å². The molecule has 20 heavy (non-hydrogen) atoms. The van der Waals surface area contributed by atoms with Crippen molar-refractivity contribution in [3.8, 4) is 0 Å². The van der Waals surface area contributed by atoms with Gasteiger partial charge in [-0.05, 0) is 27.2 Å². The monoisotopic (exact) mass is 349 g/mol. The lowest BCUT2D eigenvalue weighted by molar-refractivity contribution is 0.0209. The van der Waals surface area contributed by atoms with Crippen molar-refractivity contribution in [3.63, 3.8) is 0 Å². The number of carbonyl (C=O) groups excluding carboxylic acids is 1. The van der Waals surface area contributed by atoms with Crippen LogP contribution in [0.15, 0.2) is 0 Å². The topological polar surface area (TPSA) is 38.8 Å². The molecule has 1 amide bonds. The molecule has 0 N–H and O–H groups in total. The van der Waals surface area contributed by atoms with Crippen molar-refractivity contribution in [2.75, 3.05) is 19.7 Å². The molecule has 1 aliphatic heterocycles. The average Bonchev–Trinajstić information content (AvgIpc) is 2.69. The Morgan fingerprint density at radius 1 is 1.25 bits per heavy atom. The summed E-state index contributed by atoms with van der Waals surface area (Å²) in [7, 11) is 0. The molecule has 0 spiro atoms. The Bertz CT molecular complexity index is 304. The van der Waals surface area contributed by atoms with Crippen LogP contribution in [0.4, 0.5) is 4.79 Å². The van der Waals surface area contributed by atoms with Crippen LogP contribution in [0.5, 0.6) is 0 Å². The summed E-state index contributed by atoms with van der Waals surface area (Å²) in [6.07, 6.45) is 4.62. The van der Waals surface area contributed by atoms with Gasteiger partial charge in [-0.2, -0.15) is 0 Å². The lowest BCUT2D eigenvalue weighted by atomic mass is 10.2. The van der Waals surface area contributed by atoms with E-state index in [1.54, 1.807) is 4.90 Å². The Kier molecular flexibility index (Phi) is 7.30. The minimum absolute atomic E-state index is 0.0733. The van der Waals surface area contributed by atoms with Crippen molar-refractivity contribution in [1.82, 2.24) is 4.90 Å². The van der Waals surface area contributed by atoms with Gasteiger partial charge in [-0.1, -0.05) is 42.1 Å². The summed E-state index contributed by atoms with van der Waals surface area (Å²) in [6, 6.07) is 0. The molecule has 5 heteroatoms. The van der Waals surface area contributed by atoms with E-state index in [2.05, 4.69) is 22.9 Å². The lowest BCUT2D eigenvalue weighted by Gasteiger charge is -2.24. The van der Waals surface area contributed by atoms with Gasteiger partial charge in [0.25, 0.3) is 0 Å². The number of nitrogens with zero attached hydrogens (tertiary/aromatic N) is 1. The molecule has 0 radical (unpaired) electrons. The molecule has 0 aromatic heterocycles. The number of halogens is 1. The normalized spacial score (nSPS) is 23.1. The van der Waals surface area contributed by atoms with Gasteiger partial charge >= 0.3 is 6.09 Å². The third kappa shape index (κ3) is 6.44. The van der Waals surface area contributed by atoms with Gasteiger partial charge in [-0.15, -0.1) is 0 Å². The van der Waals surface area contributed by atoms with E-state index in [1.807, 2.05) is 20.8 Å². The van der Waals surface area contributed by atoms with E-state index in [0.717, 1.165) is 13.0 Å². The van der Waals surface area contributed by atoms with E-state index < -0.39 is 5.60 Å². The van der Waals surface area contributed by atoms with E-state index in [-0.39, 0.29) is 17.0 Å². The Morgan fingerprint density at radius 2 is 1.95 bits per heavy atom. The number of carbonyl (C=O) groups is 1. The molecular formula is C15H28BrNO3. The summed E-state index contributed by atoms with van der Waals surface area (Å²) >= 11 is 3.60. The molecular weight excluding hydrogens is 322 g/mol. The fourth-order valence-electron chi connectivity index (χ4n) is 2.13. The first-order valence-electron chi connectivity index (χ1n) is 7.57. The highest BCUT2D eigenvalue weighted by Gasteiger charge is 2.36. The Morgan fingerprint density at radius 3 is 2.55 bits per heavy atom. The third-order valence-electron chi connectivity index (χ3n) is 3.18. The fourth-order valence-corrected chi connectivity index (χ4v) is 2.80. The van der Waals surface area contributed by atoms with Gasteiger partial charge in [-0.3, -0.25) is 0 Å². The Labute approximate surface area is 131 Å². The number of hydrogen-bond acceptors (Lipinski definition) is 3. The van der Waals surface area contributed by atoms with Gasteiger partial charge in [0.05, 0.1) is 17.5 Å². The maximum atomic E-state index is 12.0. The van der Waals surface area contributed by atoms with Crippen LogP contribution in [0.1, 0.15) is 53.4 Å². The predicted molar refractivity (Wildman–Crippen MR) is 84.4 cm³/mol. The van der Waals surface area contributed by atoms with Crippen LogP contribution in [0.3, 0.4) is 0 Å². The molecule has 0 aliphatic carbocycles. The summed E-state index contributed by atoms with van der Waals surface area (Å²) in [4.78, 5) is 13.9. The van der Waals surface area contributed by atoms with Crippen LogP contribution in [0.2, 0.25) is 0 Å². The molecule has 1 rings (SSSR count). The molecule has 2 unspecified atom stereocenters. The van der Waals surface area contributed by atoms with Crippen LogP contribution in [-0.4, -0.2) is 47.2 Å². The van der Waals surface area contributed by atoms with Gasteiger partial charge in [0.15, 0.2) is 0 Å². The molecule has 1 aliphatic rings. The number of likely N-dealkylation sites (tertiary alicyclic amines) is 1. The highest BCUT2D eigenvalue weighted by molar-refractivity contribution is 9.09. The van der Waals surface area contributed by atoms with Gasteiger partial charge in [0.2, 0.25) is 0 Å². The predicted octanol–water partition coefficient (Wildman–Crippen LogP) is 3.97. The van der Waals surface area contributed by atoms with E-state index in [4.69, 9.17) is 9.47 Å². The fraction of sp³-hybridized carbons (Fsp3) is 0.933. The van der Waals surface area contributed by atoms with Crippen molar-refractivity contribution < 1.29 is 14.3 Å². The second-order valence-electron chi connectivity index (χ2n) is 6.37. The maximum absolute atomic E-state index is 12.0. The van der Waals surface area contributed by atoms with Crippen molar-refractivity contribution in [2.24, 2.45) is 0 Å². The largest absolute Gasteiger partial charge is 0.444 e. The number of unbranched alkanes of at least 4 members (excludes halogenated alkanes) is 3. The number of hydrogen-bond donors (Lipinski definition) is 0. The van der Waals surface area contributed by atoms with E-state index >= 15 is 0 Å². The highest BCUT2D eigenvalue weighted by atomic mass is 79.9. The first-order valence-corrected chi connectivity index (χ1v) is 8.48. The van der Waals surface area contributed by atoms with Gasteiger partial charge in [-0.25, -0.2) is 4.79 Å². The zero-order valence-electron chi connectivity index (χ0n) is 13.2. The molecule has 2 atom stereocenters. The zero-order chi connectivity index (χ0) is 15.2. The number of amides is 1. The van der Waals surface area contributed by atoms with Crippen LogP contribution < -0.4 is 0 Å². The smallest absolute Gasteiger partial charge is 0.410 e. The van der Waals surface area contributed by atoms with E-state index in [0.29, 0.717) is 13.1 Å². The first-order chi connectivity index (χ1) is 9.33. The SMILES string of the molecule is CCCCCCOC1CN(C(=O)OC(C)(C)C)CC1Br. The van der Waals surface area contributed by atoms with Crippen molar-refractivity contribution in [1.29, 1.82) is 0 Å². The van der Waals surface area contributed by atoms with Crippen LogP contribution in [-0.2, 0) is 9.47 Å². The quantitative estimate of drug-likeness (QED) is 0.538. The zero-order valence-corrected chi connectivity index (χ0v) is 14.7. The van der Waals surface area contributed by atoms with Crippen LogP contribution >= 0.6 is 15.9 Å². The first kappa shape index (κ1) is 17.8. The lowest BCUT2D eigenvalue weighted by Crippen LogP contribution is -2.36. The van der Waals surface area contributed by atoms with Crippen molar-refractivity contribution in [2.45, 2.75) is 69.9 Å². The highest BCUT2D eigenvalue weighted by Crippen LogP contribution is 2.23.